The molecule has 2 aliphatic rings. The largest absolute Gasteiger partial charge is 0.300 e. The highest BCUT2D eigenvalue weighted by Crippen LogP contribution is 2.39. The summed E-state index contributed by atoms with van der Waals surface area (Å²) >= 11 is 6.13. The number of piperidine rings is 1. The maximum absolute atomic E-state index is 13.0. The van der Waals surface area contributed by atoms with Gasteiger partial charge in [-0.25, -0.2) is 12.7 Å². The van der Waals surface area contributed by atoms with Crippen LogP contribution >= 0.6 is 11.6 Å². The van der Waals surface area contributed by atoms with Crippen LogP contribution in [0, 0.1) is 0 Å². The molecule has 2 aliphatic heterocycles. The molecule has 1 fully saturated rings. The predicted octanol–water partition coefficient (Wildman–Crippen LogP) is 4.37. The highest BCUT2D eigenvalue weighted by atomic mass is 35.5. The maximum Gasteiger partial charge on any atom is 0.259 e. The maximum atomic E-state index is 13.0. The third-order valence-corrected chi connectivity index (χ3v) is 8.72. The van der Waals surface area contributed by atoms with E-state index in [4.69, 9.17) is 11.6 Å². The summed E-state index contributed by atoms with van der Waals surface area (Å²) in [5.41, 5.74) is 3.40. The van der Waals surface area contributed by atoms with Gasteiger partial charge in [0, 0.05) is 29.9 Å². The third kappa shape index (κ3) is 3.63. The van der Waals surface area contributed by atoms with Crippen molar-refractivity contribution in [3.8, 4) is 0 Å². The van der Waals surface area contributed by atoms with Crippen molar-refractivity contribution in [3.63, 3.8) is 0 Å². The van der Waals surface area contributed by atoms with Crippen molar-refractivity contribution in [1.29, 1.82) is 0 Å². The highest BCUT2D eigenvalue weighted by Gasteiger charge is 2.36. The average molecular weight is 448 g/mol. The number of fused-ring (bicyclic) bond motifs is 1. The van der Waals surface area contributed by atoms with Crippen molar-refractivity contribution < 1.29 is 13.2 Å². The minimum Gasteiger partial charge on any atom is -0.300 e. The molecule has 2 aromatic rings. The first-order chi connectivity index (χ1) is 14.2. The Morgan fingerprint density at radius 1 is 1.13 bits per heavy atom. The number of nitrogens with zero attached hydrogens (tertiary/aromatic N) is 3. The smallest absolute Gasteiger partial charge is 0.259 e. The molecule has 3 heterocycles. The molecule has 1 aromatic heterocycles. The number of benzene rings is 1. The molecule has 160 valence electrons. The third-order valence-electron chi connectivity index (χ3n) is 6.20. The number of rotatable bonds is 4. The number of sulfonamides is 1. The lowest BCUT2D eigenvalue weighted by Crippen LogP contribution is -2.41. The number of anilines is 1. The Kier molecular flexibility index (Phi) is 5.64. The summed E-state index contributed by atoms with van der Waals surface area (Å²) in [6.45, 7) is 6.45. The van der Waals surface area contributed by atoms with Crippen LogP contribution in [0.5, 0.6) is 0 Å². The van der Waals surface area contributed by atoms with Gasteiger partial charge in [0.1, 0.15) is 0 Å². The predicted molar refractivity (Wildman–Crippen MR) is 119 cm³/mol. The fourth-order valence-electron chi connectivity index (χ4n) is 4.40. The molecule has 0 saturated carbocycles. The van der Waals surface area contributed by atoms with Crippen LogP contribution in [0.2, 0.25) is 5.02 Å². The fraction of sp³-hybridized carbons (Fsp3) is 0.455. The van der Waals surface area contributed by atoms with E-state index < -0.39 is 15.3 Å². The molecule has 6 nitrogen and oxygen atoms in total. The summed E-state index contributed by atoms with van der Waals surface area (Å²) in [5.74, 6) is 0.173. The van der Waals surface area contributed by atoms with E-state index >= 15 is 0 Å². The topological polar surface area (TPSA) is 70.6 Å². The number of carbonyl (C=O) groups excluding carboxylic acids is 1. The van der Waals surface area contributed by atoms with Gasteiger partial charge < -0.3 is 0 Å². The summed E-state index contributed by atoms with van der Waals surface area (Å²) < 4.78 is 26.4. The number of carbonyl (C=O) groups is 1. The number of aromatic nitrogens is 1. The summed E-state index contributed by atoms with van der Waals surface area (Å²) in [5, 5.41) is 0.210. The lowest BCUT2D eigenvalue weighted by molar-refractivity contribution is 0.0992. The Morgan fingerprint density at radius 3 is 2.50 bits per heavy atom. The van der Waals surface area contributed by atoms with E-state index in [0.717, 1.165) is 29.7 Å². The van der Waals surface area contributed by atoms with Gasteiger partial charge in [-0.05, 0) is 74.9 Å². The SMILES string of the molecule is CC(C)S(=O)(=O)N1CCC(c2cncc(N3C(=O)c4ccc(Cl)cc4[C@@H]3C)c2)CC1. The van der Waals surface area contributed by atoms with E-state index in [1.165, 1.54) is 0 Å². The van der Waals surface area contributed by atoms with Crippen LogP contribution in [0.3, 0.4) is 0 Å². The Hall–Kier alpha value is -1.96. The zero-order chi connectivity index (χ0) is 21.6. The summed E-state index contributed by atoms with van der Waals surface area (Å²) in [6, 6.07) is 7.26. The van der Waals surface area contributed by atoms with E-state index in [1.807, 2.05) is 25.3 Å². The van der Waals surface area contributed by atoms with Crippen molar-refractivity contribution in [3.05, 3.63) is 58.4 Å². The average Bonchev–Trinajstić information content (AvgIpc) is 2.97. The van der Waals surface area contributed by atoms with Crippen molar-refractivity contribution in [2.75, 3.05) is 18.0 Å². The van der Waals surface area contributed by atoms with Crippen LogP contribution in [0.25, 0.3) is 0 Å². The molecule has 1 aromatic carbocycles. The van der Waals surface area contributed by atoms with E-state index in [-0.39, 0.29) is 17.9 Å². The van der Waals surface area contributed by atoms with Gasteiger partial charge in [-0.15, -0.1) is 0 Å². The van der Waals surface area contributed by atoms with Gasteiger partial charge in [-0.1, -0.05) is 11.6 Å². The first-order valence-corrected chi connectivity index (χ1v) is 12.1. The van der Waals surface area contributed by atoms with Crippen LogP contribution in [-0.2, 0) is 10.0 Å². The van der Waals surface area contributed by atoms with Gasteiger partial charge in [-0.3, -0.25) is 14.7 Å². The lowest BCUT2D eigenvalue weighted by atomic mass is 9.91. The Labute approximate surface area is 182 Å². The normalized spacial score (nSPS) is 20.8. The second-order valence-electron chi connectivity index (χ2n) is 8.33. The number of hydrogen-bond acceptors (Lipinski definition) is 4. The monoisotopic (exact) mass is 447 g/mol. The molecule has 1 saturated heterocycles. The zero-order valence-corrected chi connectivity index (χ0v) is 18.9. The molecule has 30 heavy (non-hydrogen) atoms. The standard InChI is InChI=1S/C22H26ClN3O3S/c1-14(2)30(28,29)25-8-6-16(7-9-25)17-10-19(13-24-12-17)26-15(3)21-11-18(23)4-5-20(21)22(26)27/h4-5,10-16H,6-9H2,1-3H3/t15-/m0/s1. The van der Waals surface area contributed by atoms with Crippen LogP contribution in [0.15, 0.2) is 36.7 Å². The molecule has 0 spiro atoms. The molecule has 0 radical (unpaired) electrons. The first kappa shape index (κ1) is 21.3. The second-order valence-corrected chi connectivity index (χ2v) is 11.3. The quantitative estimate of drug-likeness (QED) is 0.697. The van der Waals surface area contributed by atoms with Gasteiger partial charge in [-0.2, -0.15) is 0 Å². The molecule has 0 N–H and O–H groups in total. The molecular weight excluding hydrogens is 422 g/mol. The minimum absolute atomic E-state index is 0.0500. The van der Waals surface area contributed by atoms with Gasteiger partial charge in [0.25, 0.3) is 5.91 Å². The van der Waals surface area contributed by atoms with Crippen molar-refractivity contribution in [1.82, 2.24) is 9.29 Å². The molecule has 1 amide bonds. The lowest BCUT2D eigenvalue weighted by Gasteiger charge is -2.33. The molecule has 4 rings (SSSR count). The highest BCUT2D eigenvalue weighted by molar-refractivity contribution is 7.89. The Morgan fingerprint density at radius 2 is 1.83 bits per heavy atom. The van der Waals surface area contributed by atoms with Crippen molar-refractivity contribution in [2.45, 2.75) is 50.8 Å². The summed E-state index contributed by atoms with van der Waals surface area (Å²) in [6.07, 6.45) is 5.03. The molecular formula is C22H26ClN3O3S. The number of amides is 1. The van der Waals surface area contributed by atoms with E-state index in [2.05, 4.69) is 4.98 Å². The molecule has 0 aliphatic carbocycles. The Bertz CT molecular complexity index is 1080. The van der Waals surface area contributed by atoms with Crippen LogP contribution in [0.4, 0.5) is 5.69 Å². The zero-order valence-electron chi connectivity index (χ0n) is 17.4. The van der Waals surface area contributed by atoms with Crippen LogP contribution in [-0.4, -0.2) is 42.0 Å². The van der Waals surface area contributed by atoms with Gasteiger partial charge >= 0.3 is 0 Å². The van der Waals surface area contributed by atoms with Crippen molar-refractivity contribution in [2.24, 2.45) is 0 Å². The minimum atomic E-state index is -3.22. The second kappa shape index (κ2) is 7.94. The first-order valence-electron chi connectivity index (χ1n) is 10.3. The van der Waals surface area contributed by atoms with Crippen LogP contribution in [0.1, 0.15) is 67.1 Å². The van der Waals surface area contributed by atoms with Gasteiger partial charge in [0.05, 0.1) is 23.2 Å². The van der Waals surface area contributed by atoms with E-state index in [0.29, 0.717) is 23.7 Å². The van der Waals surface area contributed by atoms with E-state index in [1.54, 1.807) is 41.4 Å². The number of halogens is 1. The molecule has 1 atom stereocenters. The summed E-state index contributed by atoms with van der Waals surface area (Å²) in [7, 11) is -3.22. The molecule has 8 heteroatoms. The Balaban J connectivity index is 1.54. The van der Waals surface area contributed by atoms with Gasteiger partial charge in [0.15, 0.2) is 0 Å². The van der Waals surface area contributed by atoms with Crippen LogP contribution < -0.4 is 4.90 Å². The van der Waals surface area contributed by atoms with E-state index in [9.17, 15) is 13.2 Å². The number of hydrogen-bond donors (Lipinski definition) is 0. The summed E-state index contributed by atoms with van der Waals surface area (Å²) in [4.78, 5) is 19.2. The fourth-order valence-corrected chi connectivity index (χ4v) is 5.90. The van der Waals surface area contributed by atoms with Crippen molar-refractivity contribution >= 4 is 33.2 Å². The van der Waals surface area contributed by atoms with Gasteiger partial charge in [0.2, 0.25) is 10.0 Å². The number of pyridine rings is 1. The molecule has 0 unspecified atom stereocenters. The molecule has 0 bridgehead atoms.